The quantitative estimate of drug-likeness (QED) is 0.570. The van der Waals surface area contributed by atoms with Crippen LogP contribution in [-0.2, 0) is 19.4 Å². The van der Waals surface area contributed by atoms with Gasteiger partial charge in [-0.3, -0.25) is 0 Å². The van der Waals surface area contributed by atoms with Crippen LogP contribution < -0.4 is 15.5 Å². The summed E-state index contributed by atoms with van der Waals surface area (Å²) < 4.78 is 0. The third-order valence-corrected chi connectivity index (χ3v) is 6.89. The first-order valence-corrected chi connectivity index (χ1v) is 12.2. The molecule has 2 aromatic rings. The molecule has 2 aliphatic rings. The second-order valence-electron chi connectivity index (χ2n) is 9.17. The monoisotopic (exact) mass is 461 g/mol. The molecule has 0 saturated heterocycles. The van der Waals surface area contributed by atoms with Gasteiger partial charge in [-0.15, -0.1) is 0 Å². The predicted octanol–water partition coefficient (Wildman–Crippen LogP) is 5.49. The van der Waals surface area contributed by atoms with Crippen molar-refractivity contribution in [2.75, 3.05) is 30.9 Å². The lowest BCUT2D eigenvalue weighted by molar-refractivity contribution is 0.323. The first-order valence-electron chi connectivity index (χ1n) is 11.5. The molecule has 2 aliphatic carbocycles. The van der Waals surface area contributed by atoms with E-state index in [1.165, 1.54) is 36.9 Å². The highest BCUT2D eigenvalue weighted by atomic mass is 35.5. The fraction of sp³-hybridized carbons (Fsp3) is 0.583. The Morgan fingerprint density at radius 3 is 2.39 bits per heavy atom. The second kappa shape index (κ2) is 10.4. The first kappa shape index (κ1) is 22.6. The van der Waals surface area contributed by atoms with Gasteiger partial charge in [-0.2, -0.15) is 4.98 Å². The fourth-order valence-electron chi connectivity index (χ4n) is 4.84. The largest absolute Gasteiger partial charge is 0.362 e. The molecular formula is C24H33Cl2N5. The van der Waals surface area contributed by atoms with Gasteiger partial charge < -0.3 is 15.5 Å². The Morgan fingerprint density at radius 1 is 0.968 bits per heavy atom. The Morgan fingerprint density at radius 2 is 1.68 bits per heavy atom. The highest BCUT2D eigenvalue weighted by Gasteiger charge is 2.24. The maximum absolute atomic E-state index is 6.09. The van der Waals surface area contributed by atoms with Crippen molar-refractivity contribution < 1.29 is 0 Å². The van der Waals surface area contributed by atoms with Crippen LogP contribution in [0.15, 0.2) is 18.2 Å². The van der Waals surface area contributed by atoms with E-state index < -0.39 is 0 Å². The van der Waals surface area contributed by atoms with E-state index in [-0.39, 0.29) is 0 Å². The van der Waals surface area contributed by atoms with Crippen molar-refractivity contribution >= 4 is 35.0 Å². The number of nitrogens with zero attached hydrogens (tertiary/aromatic N) is 3. The van der Waals surface area contributed by atoms with Crippen molar-refractivity contribution in [2.24, 2.45) is 5.92 Å². The van der Waals surface area contributed by atoms with E-state index in [1.54, 1.807) is 6.07 Å². The van der Waals surface area contributed by atoms with Gasteiger partial charge in [0.15, 0.2) is 0 Å². The van der Waals surface area contributed by atoms with E-state index in [1.807, 2.05) is 12.1 Å². The zero-order chi connectivity index (χ0) is 21.8. The second-order valence-corrected chi connectivity index (χ2v) is 10.0. The third-order valence-electron chi connectivity index (χ3n) is 6.45. The summed E-state index contributed by atoms with van der Waals surface area (Å²) in [6.07, 6.45) is 9.40. The minimum Gasteiger partial charge on any atom is -0.362 e. The molecular weight excluding hydrogens is 429 g/mol. The van der Waals surface area contributed by atoms with Gasteiger partial charge >= 0.3 is 0 Å². The van der Waals surface area contributed by atoms with Crippen LogP contribution in [0, 0.1) is 5.92 Å². The number of hydrogen-bond donors (Lipinski definition) is 2. The van der Waals surface area contributed by atoms with Gasteiger partial charge in [-0.25, -0.2) is 4.98 Å². The summed E-state index contributed by atoms with van der Waals surface area (Å²) in [5, 5.41) is 8.60. The average molecular weight is 462 g/mol. The van der Waals surface area contributed by atoms with E-state index in [9.17, 15) is 0 Å². The fourth-order valence-corrected chi connectivity index (χ4v) is 5.41. The zero-order valence-corrected chi connectivity index (χ0v) is 20.1. The van der Waals surface area contributed by atoms with Crippen LogP contribution in [0.2, 0.25) is 10.0 Å². The van der Waals surface area contributed by atoms with Gasteiger partial charge in [0.25, 0.3) is 0 Å². The highest BCUT2D eigenvalue weighted by molar-refractivity contribution is 6.34. The van der Waals surface area contributed by atoms with Gasteiger partial charge in [0, 0.05) is 42.3 Å². The van der Waals surface area contributed by atoms with Crippen molar-refractivity contribution in [1.29, 1.82) is 0 Å². The number of nitrogens with one attached hydrogen (secondary N) is 2. The van der Waals surface area contributed by atoms with Crippen LogP contribution in [0.1, 0.15) is 55.3 Å². The molecule has 0 amide bonds. The number of anilines is 2. The molecule has 0 spiro atoms. The van der Waals surface area contributed by atoms with Crippen molar-refractivity contribution in [2.45, 2.75) is 64.0 Å². The number of halogens is 2. The van der Waals surface area contributed by atoms with E-state index in [0.717, 1.165) is 56.1 Å². The van der Waals surface area contributed by atoms with Crippen LogP contribution in [0.5, 0.6) is 0 Å². The molecule has 4 rings (SSSR count). The summed E-state index contributed by atoms with van der Waals surface area (Å²) in [5.74, 6) is 2.60. The summed E-state index contributed by atoms with van der Waals surface area (Å²) in [6.45, 7) is 1.83. The SMILES string of the molecule is CN(C)c1nc(N[C@H]2CC[C@@H](CNCc3cc(Cl)cc(Cl)c3)CC2)nc2c1CCCC2. The lowest BCUT2D eigenvalue weighted by Gasteiger charge is -2.30. The molecule has 1 heterocycles. The van der Waals surface area contributed by atoms with E-state index in [4.69, 9.17) is 33.2 Å². The Kier molecular flexibility index (Phi) is 7.57. The summed E-state index contributed by atoms with van der Waals surface area (Å²) >= 11 is 12.2. The van der Waals surface area contributed by atoms with Crippen LogP contribution in [0.3, 0.4) is 0 Å². The van der Waals surface area contributed by atoms with Crippen molar-refractivity contribution in [3.8, 4) is 0 Å². The minimum atomic E-state index is 0.458. The van der Waals surface area contributed by atoms with Gasteiger partial charge in [-0.1, -0.05) is 23.2 Å². The molecule has 7 heteroatoms. The maximum Gasteiger partial charge on any atom is 0.225 e. The molecule has 1 aromatic heterocycles. The van der Waals surface area contributed by atoms with Crippen LogP contribution in [-0.4, -0.2) is 36.6 Å². The number of aryl methyl sites for hydroxylation is 1. The predicted molar refractivity (Wildman–Crippen MR) is 131 cm³/mol. The van der Waals surface area contributed by atoms with Crippen molar-refractivity contribution in [3.05, 3.63) is 45.1 Å². The third kappa shape index (κ3) is 6.03. The molecule has 1 aromatic carbocycles. The summed E-state index contributed by atoms with van der Waals surface area (Å²) in [7, 11) is 4.16. The molecule has 0 aliphatic heterocycles. The average Bonchev–Trinajstić information content (AvgIpc) is 2.73. The molecule has 5 nitrogen and oxygen atoms in total. The van der Waals surface area contributed by atoms with Crippen LogP contribution >= 0.6 is 23.2 Å². The smallest absolute Gasteiger partial charge is 0.225 e. The van der Waals surface area contributed by atoms with E-state index in [0.29, 0.717) is 22.0 Å². The molecule has 2 N–H and O–H groups in total. The molecule has 0 radical (unpaired) electrons. The maximum atomic E-state index is 6.09. The van der Waals surface area contributed by atoms with Gasteiger partial charge in [-0.05, 0) is 87.6 Å². The molecule has 168 valence electrons. The summed E-state index contributed by atoms with van der Waals surface area (Å²) in [4.78, 5) is 11.9. The van der Waals surface area contributed by atoms with E-state index in [2.05, 4.69) is 29.6 Å². The molecule has 0 unspecified atom stereocenters. The molecule has 1 saturated carbocycles. The molecule has 1 fully saturated rings. The number of fused-ring (bicyclic) bond motifs is 1. The summed E-state index contributed by atoms with van der Waals surface area (Å²) in [5.41, 5.74) is 3.72. The van der Waals surface area contributed by atoms with Crippen LogP contribution in [0.4, 0.5) is 11.8 Å². The van der Waals surface area contributed by atoms with Gasteiger partial charge in [0.1, 0.15) is 5.82 Å². The van der Waals surface area contributed by atoms with Gasteiger partial charge in [0.05, 0.1) is 5.69 Å². The molecule has 31 heavy (non-hydrogen) atoms. The van der Waals surface area contributed by atoms with Crippen molar-refractivity contribution in [1.82, 2.24) is 15.3 Å². The Labute approximate surface area is 195 Å². The number of aromatic nitrogens is 2. The first-order chi connectivity index (χ1) is 15.0. The van der Waals surface area contributed by atoms with E-state index >= 15 is 0 Å². The zero-order valence-electron chi connectivity index (χ0n) is 18.6. The lowest BCUT2D eigenvalue weighted by Crippen LogP contribution is -2.32. The molecule has 0 atom stereocenters. The standard InChI is InChI=1S/C24H33Cl2N5/c1-31(2)23-21-5-3-4-6-22(21)29-24(30-23)28-20-9-7-16(8-10-20)14-27-15-17-11-18(25)13-19(26)12-17/h11-13,16,20,27H,3-10,14-15H2,1-2H3,(H,28,29,30)/t16-,20+. The Balaban J connectivity index is 1.27. The summed E-state index contributed by atoms with van der Waals surface area (Å²) in [6, 6.07) is 6.18. The topological polar surface area (TPSA) is 53.1 Å². The van der Waals surface area contributed by atoms with Crippen molar-refractivity contribution in [3.63, 3.8) is 0 Å². The Bertz CT molecular complexity index is 874. The lowest BCUT2D eigenvalue weighted by atomic mass is 9.86. The number of benzene rings is 1. The Hall–Kier alpha value is -1.56. The normalized spacial score (nSPS) is 20.9. The molecule has 0 bridgehead atoms. The minimum absolute atomic E-state index is 0.458. The van der Waals surface area contributed by atoms with Crippen LogP contribution in [0.25, 0.3) is 0 Å². The highest BCUT2D eigenvalue weighted by Crippen LogP contribution is 2.30. The number of rotatable bonds is 7. The number of hydrogen-bond acceptors (Lipinski definition) is 5. The van der Waals surface area contributed by atoms with Gasteiger partial charge in [0.2, 0.25) is 5.95 Å².